The van der Waals surface area contributed by atoms with Crippen molar-refractivity contribution in [2.75, 3.05) is 25.0 Å². The number of likely N-dealkylation sites (N-methyl/N-ethyl adjacent to an activating group) is 1. The van der Waals surface area contributed by atoms with E-state index in [2.05, 4.69) is 12.6 Å². The zero-order chi connectivity index (χ0) is 11.3. The largest absolute Gasteiger partial charge is 0.369 e. The van der Waals surface area contributed by atoms with Crippen LogP contribution in [-0.2, 0) is 0 Å². The lowest BCUT2D eigenvalue weighted by molar-refractivity contribution is 0.947. The van der Waals surface area contributed by atoms with E-state index in [0.717, 1.165) is 11.3 Å². The maximum atomic E-state index is 8.93. The number of nitrogens with two attached hydrogens (primary N) is 1. The molecule has 3 nitrogen and oxygen atoms in total. The van der Waals surface area contributed by atoms with Crippen molar-refractivity contribution in [3.8, 4) is 6.07 Å². The lowest BCUT2D eigenvalue weighted by Gasteiger charge is -2.21. The van der Waals surface area contributed by atoms with E-state index >= 15 is 0 Å². The molecule has 0 unspecified atom stereocenters. The van der Waals surface area contributed by atoms with Crippen LogP contribution in [0.25, 0.3) is 0 Å². The van der Waals surface area contributed by atoms with Gasteiger partial charge in [0.2, 0.25) is 0 Å². The Kier molecular flexibility index (Phi) is 3.90. The first kappa shape index (κ1) is 11.3. The van der Waals surface area contributed by atoms with Gasteiger partial charge in [-0.25, -0.2) is 0 Å². The van der Waals surface area contributed by atoms with E-state index in [1.165, 1.54) is 0 Å². The van der Waals surface area contributed by atoms with Gasteiger partial charge in [-0.05, 0) is 17.7 Å². The lowest BCUT2D eigenvalue weighted by Crippen LogP contribution is -2.23. The van der Waals surface area contributed by atoms with Gasteiger partial charge in [-0.1, -0.05) is 18.7 Å². The van der Waals surface area contributed by atoms with E-state index in [4.69, 9.17) is 11.0 Å². The molecule has 0 aromatic heterocycles. The monoisotopic (exact) mass is 201 g/mol. The summed E-state index contributed by atoms with van der Waals surface area (Å²) in [7, 11) is 1.93. The minimum atomic E-state index is 0.471. The highest BCUT2D eigenvalue weighted by molar-refractivity contribution is 5.59. The van der Waals surface area contributed by atoms with Crippen LogP contribution in [0.2, 0.25) is 0 Å². The fraction of sp³-hybridized carbons (Fsp3) is 0.250. The van der Waals surface area contributed by atoms with Crippen LogP contribution in [0.1, 0.15) is 5.56 Å². The summed E-state index contributed by atoms with van der Waals surface area (Å²) in [6.07, 6.45) is 0. The van der Waals surface area contributed by atoms with Crippen molar-refractivity contribution in [3.63, 3.8) is 0 Å². The second kappa shape index (κ2) is 5.18. The molecule has 1 aromatic rings. The van der Waals surface area contributed by atoms with E-state index in [1.54, 1.807) is 6.07 Å². The molecule has 0 fully saturated rings. The Morgan fingerprint density at radius 3 is 2.80 bits per heavy atom. The summed E-state index contributed by atoms with van der Waals surface area (Å²) < 4.78 is 0. The van der Waals surface area contributed by atoms with E-state index in [-0.39, 0.29) is 0 Å². The normalized spacial score (nSPS) is 9.40. The highest BCUT2D eigenvalue weighted by Gasteiger charge is 2.06. The standard InChI is InChI=1S/C12H15N3/c1-10(7-13)9-15(2)12-6-4-3-5-11(12)8-14/h3-6H,1,7,9,13H2,2H3. The second-order valence-electron chi connectivity index (χ2n) is 3.44. The number of benzene rings is 1. The predicted molar refractivity (Wildman–Crippen MR) is 62.6 cm³/mol. The Balaban J connectivity index is 2.87. The number of nitrogens with zero attached hydrogens (tertiary/aromatic N) is 2. The molecule has 3 heteroatoms. The second-order valence-corrected chi connectivity index (χ2v) is 3.44. The quantitative estimate of drug-likeness (QED) is 0.751. The van der Waals surface area contributed by atoms with Gasteiger partial charge in [-0.15, -0.1) is 0 Å². The van der Waals surface area contributed by atoms with Gasteiger partial charge in [0, 0.05) is 20.1 Å². The predicted octanol–water partition coefficient (Wildman–Crippen LogP) is 1.51. The molecule has 15 heavy (non-hydrogen) atoms. The van der Waals surface area contributed by atoms with Gasteiger partial charge in [0.25, 0.3) is 0 Å². The third-order valence-electron chi connectivity index (χ3n) is 2.19. The van der Waals surface area contributed by atoms with Crippen LogP contribution >= 0.6 is 0 Å². The van der Waals surface area contributed by atoms with Crippen molar-refractivity contribution in [2.45, 2.75) is 0 Å². The molecule has 0 bridgehead atoms. The highest BCUT2D eigenvalue weighted by Crippen LogP contribution is 2.18. The van der Waals surface area contributed by atoms with Crippen LogP contribution in [0.4, 0.5) is 5.69 Å². The topological polar surface area (TPSA) is 53.0 Å². The molecule has 0 aliphatic carbocycles. The molecule has 0 amide bonds. The average Bonchev–Trinajstić information content (AvgIpc) is 2.28. The summed E-state index contributed by atoms with van der Waals surface area (Å²) in [5.74, 6) is 0. The van der Waals surface area contributed by atoms with Gasteiger partial charge < -0.3 is 10.6 Å². The molecule has 78 valence electrons. The van der Waals surface area contributed by atoms with E-state index in [1.807, 2.05) is 30.1 Å². The van der Waals surface area contributed by atoms with Gasteiger partial charge in [0.05, 0.1) is 11.3 Å². The van der Waals surface area contributed by atoms with E-state index in [9.17, 15) is 0 Å². The third kappa shape index (κ3) is 2.83. The van der Waals surface area contributed by atoms with Crippen LogP contribution in [0, 0.1) is 11.3 Å². The fourth-order valence-electron chi connectivity index (χ4n) is 1.39. The minimum Gasteiger partial charge on any atom is -0.369 e. The third-order valence-corrected chi connectivity index (χ3v) is 2.19. The van der Waals surface area contributed by atoms with Crippen LogP contribution in [0.15, 0.2) is 36.4 Å². The summed E-state index contributed by atoms with van der Waals surface area (Å²) in [6.45, 7) is 4.99. The van der Waals surface area contributed by atoms with Gasteiger partial charge in [0.1, 0.15) is 6.07 Å². The summed E-state index contributed by atoms with van der Waals surface area (Å²) >= 11 is 0. The smallest absolute Gasteiger partial charge is 0.101 e. The molecule has 0 saturated carbocycles. The van der Waals surface area contributed by atoms with Crippen LogP contribution in [-0.4, -0.2) is 20.1 Å². The Bertz CT molecular complexity index is 390. The summed E-state index contributed by atoms with van der Waals surface area (Å²) in [4.78, 5) is 1.98. The fourth-order valence-corrected chi connectivity index (χ4v) is 1.39. The highest BCUT2D eigenvalue weighted by atomic mass is 15.1. The van der Waals surface area contributed by atoms with E-state index in [0.29, 0.717) is 18.7 Å². The number of nitriles is 1. The maximum Gasteiger partial charge on any atom is 0.101 e. The van der Waals surface area contributed by atoms with Crippen LogP contribution in [0.3, 0.4) is 0 Å². The number of hydrogen-bond acceptors (Lipinski definition) is 3. The van der Waals surface area contributed by atoms with Crippen molar-refractivity contribution < 1.29 is 0 Å². The average molecular weight is 201 g/mol. The first-order valence-corrected chi connectivity index (χ1v) is 4.76. The maximum absolute atomic E-state index is 8.93. The molecule has 0 aliphatic heterocycles. The zero-order valence-corrected chi connectivity index (χ0v) is 8.90. The van der Waals surface area contributed by atoms with Gasteiger partial charge in [0.15, 0.2) is 0 Å². The number of rotatable bonds is 4. The van der Waals surface area contributed by atoms with Crippen molar-refractivity contribution >= 4 is 5.69 Å². The van der Waals surface area contributed by atoms with Gasteiger partial charge in [-0.3, -0.25) is 0 Å². The Hall–Kier alpha value is -1.79. The van der Waals surface area contributed by atoms with Crippen molar-refractivity contribution in [1.29, 1.82) is 5.26 Å². The van der Waals surface area contributed by atoms with Crippen LogP contribution in [0.5, 0.6) is 0 Å². The van der Waals surface area contributed by atoms with Gasteiger partial charge in [-0.2, -0.15) is 5.26 Å². The number of para-hydroxylation sites is 1. The molecule has 1 aromatic carbocycles. The lowest BCUT2D eigenvalue weighted by atomic mass is 10.1. The van der Waals surface area contributed by atoms with E-state index < -0.39 is 0 Å². The van der Waals surface area contributed by atoms with Crippen molar-refractivity contribution in [3.05, 3.63) is 42.0 Å². The summed E-state index contributed by atoms with van der Waals surface area (Å²) in [5, 5.41) is 8.93. The van der Waals surface area contributed by atoms with Crippen LogP contribution < -0.4 is 10.6 Å². The minimum absolute atomic E-state index is 0.471. The Morgan fingerprint density at radius 1 is 1.53 bits per heavy atom. The Labute approximate surface area is 90.4 Å². The molecule has 2 N–H and O–H groups in total. The molecule has 0 aliphatic rings. The SMILES string of the molecule is C=C(CN)CN(C)c1ccccc1C#N. The molecule has 0 heterocycles. The number of anilines is 1. The Morgan fingerprint density at radius 2 is 2.20 bits per heavy atom. The first-order valence-electron chi connectivity index (χ1n) is 4.76. The molecular weight excluding hydrogens is 186 g/mol. The zero-order valence-electron chi connectivity index (χ0n) is 8.90. The van der Waals surface area contributed by atoms with Crippen molar-refractivity contribution in [1.82, 2.24) is 0 Å². The number of hydrogen-bond donors (Lipinski definition) is 1. The molecule has 0 atom stereocenters. The first-order chi connectivity index (χ1) is 7.19. The summed E-state index contributed by atoms with van der Waals surface area (Å²) in [5.41, 5.74) is 8.01. The summed E-state index contributed by atoms with van der Waals surface area (Å²) in [6, 6.07) is 9.66. The molecular formula is C12H15N3. The van der Waals surface area contributed by atoms with Gasteiger partial charge >= 0.3 is 0 Å². The molecule has 0 radical (unpaired) electrons. The molecule has 1 rings (SSSR count). The molecule has 0 spiro atoms. The molecule has 0 saturated heterocycles. The van der Waals surface area contributed by atoms with Crippen molar-refractivity contribution in [2.24, 2.45) is 5.73 Å².